The van der Waals surface area contributed by atoms with Crippen molar-refractivity contribution < 1.29 is 14.7 Å². The Morgan fingerprint density at radius 3 is 2.66 bits per heavy atom. The van der Waals surface area contributed by atoms with Crippen molar-refractivity contribution in [1.29, 1.82) is 0 Å². The third-order valence-electron chi connectivity index (χ3n) is 7.03. The molecule has 0 spiro atoms. The minimum Gasteiger partial charge on any atom is -0.480 e. The molecule has 6 nitrogen and oxygen atoms in total. The largest absolute Gasteiger partial charge is 0.480 e. The maximum absolute atomic E-state index is 12.7. The summed E-state index contributed by atoms with van der Waals surface area (Å²) >= 11 is 0. The summed E-state index contributed by atoms with van der Waals surface area (Å²) in [6, 6.07) is 10.2. The van der Waals surface area contributed by atoms with Crippen LogP contribution < -0.4 is 5.32 Å². The van der Waals surface area contributed by atoms with Gasteiger partial charge in [-0.3, -0.25) is 19.5 Å². The van der Waals surface area contributed by atoms with E-state index in [4.69, 9.17) is 4.98 Å². The van der Waals surface area contributed by atoms with Crippen LogP contribution in [0.15, 0.2) is 30.3 Å². The first-order chi connectivity index (χ1) is 15.4. The molecular formula is C26H33N3O3. The molecule has 0 bridgehead atoms. The zero-order valence-electron chi connectivity index (χ0n) is 19.1. The number of piperidine rings is 1. The SMILES string of the molecule is Cc1ccc(CNC(=O)C2CCN(C(C)C(=O)O)CC2)cc1-c1ccc2c(n1)CCCC2. The van der Waals surface area contributed by atoms with Crippen molar-refractivity contribution >= 4 is 11.9 Å². The summed E-state index contributed by atoms with van der Waals surface area (Å²) in [5.41, 5.74) is 7.00. The smallest absolute Gasteiger partial charge is 0.320 e. The van der Waals surface area contributed by atoms with Gasteiger partial charge in [0.25, 0.3) is 0 Å². The second-order valence-electron chi connectivity index (χ2n) is 9.20. The van der Waals surface area contributed by atoms with Crippen LogP contribution in [-0.4, -0.2) is 46.0 Å². The molecule has 1 atom stereocenters. The Bertz CT molecular complexity index is 996. The highest BCUT2D eigenvalue weighted by Gasteiger charge is 2.29. The van der Waals surface area contributed by atoms with Gasteiger partial charge in [0, 0.05) is 23.7 Å². The van der Waals surface area contributed by atoms with Gasteiger partial charge in [-0.25, -0.2) is 0 Å². The minimum absolute atomic E-state index is 0.0560. The van der Waals surface area contributed by atoms with Gasteiger partial charge in [-0.2, -0.15) is 0 Å². The third kappa shape index (κ3) is 5.01. The monoisotopic (exact) mass is 435 g/mol. The van der Waals surface area contributed by atoms with Crippen LogP contribution in [-0.2, 0) is 29.0 Å². The summed E-state index contributed by atoms with van der Waals surface area (Å²) in [5.74, 6) is -0.808. The van der Waals surface area contributed by atoms with Crippen molar-refractivity contribution in [2.24, 2.45) is 5.92 Å². The van der Waals surface area contributed by atoms with Crippen molar-refractivity contribution in [3.63, 3.8) is 0 Å². The molecule has 1 fully saturated rings. The van der Waals surface area contributed by atoms with Gasteiger partial charge in [0.2, 0.25) is 5.91 Å². The number of rotatable bonds is 6. The lowest BCUT2D eigenvalue weighted by molar-refractivity contribution is -0.143. The predicted molar refractivity (Wildman–Crippen MR) is 124 cm³/mol. The van der Waals surface area contributed by atoms with Crippen molar-refractivity contribution in [2.45, 2.75) is 65.0 Å². The number of amides is 1. The number of nitrogens with one attached hydrogen (secondary N) is 1. The fourth-order valence-corrected chi connectivity index (χ4v) is 4.83. The molecule has 1 aromatic carbocycles. The Morgan fingerprint density at radius 1 is 1.16 bits per heavy atom. The number of hydrogen-bond acceptors (Lipinski definition) is 4. The number of carboxylic acid groups (broad SMARTS) is 1. The van der Waals surface area contributed by atoms with Gasteiger partial charge in [0.1, 0.15) is 6.04 Å². The highest BCUT2D eigenvalue weighted by atomic mass is 16.4. The van der Waals surface area contributed by atoms with Gasteiger partial charge in [-0.15, -0.1) is 0 Å². The molecular weight excluding hydrogens is 402 g/mol. The molecule has 1 aliphatic heterocycles. The average Bonchev–Trinajstić information content (AvgIpc) is 2.82. The molecule has 4 rings (SSSR count). The average molecular weight is 436 g/mol. The normalized spacial score (nSPS) is 18.1. The first kappa shape index (κ1) is 22.5. The maximum atomic E-state index is 12.7. The fourth-order valence-electron chi connectivity index (χ4n) is 4.83. The van der Waals surface area contributed by atoms with E-state index in [2.05, 4.69) is 42.6 Å². The van der Waals surface area contributed by atoms with E-state index in [9.17, 15) is 14.7 Å². The van der Waals surface area contributed by atoms with Crippen LogP contribution in [0.3, 0.4) is 0 Å². The zero-order chi connectivity index (χ0) is 22.7. The van der Waals surface area contributed by atoms with E-state index in [1.807, 2.05) is 4.90 Å². The summed E-state index contributed by atoms with van der Waals surface area (Å²) in [6.07, 6.45) is 6.04. The molecule has 1 aromatic heterocycles. The van der Waals surface area contributed by atoms with Gasteiger partial charge >= 0.3 is 5.97 Å². The molecule has 32 heavy (non-hydrogen) atoms. The first-order valence-electron chi connectivity index (χ1n) is 11.8. The predicted octanol–water partition coefficient (Wildman–Crippen LogP) is 3.74. The molecule has 1 unspecified atom stereocenters. The second-order valence-corrected chi connectivity index (χ2v) is 9.20. The number of fused-ring (bicyclic) bond motifs is 1. The summed E-state index contributed by atoms with van der Waals surface area (Å²) in [5, 5.41) is 12.3. The Labute approximate surface area is 190 Å². The van der Waals surface area contributed by atoms with Crippen LogP contribution in [0.1, 0.15) is 55.0 Å². The number of likely N-dealkylation sites (tertiary alicyclic amines) is 1. The molecule has 2 aromatic rings. The lowest BCUT2D eigenvalue weighted by Gasteiger charge is -2.33. The van der Waals surface area contributed by atoms with Crippen LogP contribution in [0.5, 0.6) is 0 Å². The number of aliphatic carboxylic acids is 1. The highest BCUT2D eigenvalue weighted by Crippen LogP contribution is 2.27. The van der Waals surface area contributed by atoms with E-state index >= 15 is 0 Å². The summed E-state index contributed by atoms with van der Waals surface area (Å²) in [6.45, 7) is 5.58. The van der Waals surface area contributed by atoms with Crippen LogP contribution in [0.25, 0.3) is 11.3 Å². The molecule has 1 saturated heterocycles. The van der Waals surface area contributed by atoms with Gasteiger partial charge in [-0.05, 0) is 94.3 Å². The Balaban J connectivity index is 1.37. The Morgan fingerprint density at radius 2 is 1.91 bits per heavy atom. The molecule has 0 radical (unpaired) electrons. The van der Waals surface area contributed by atoms with Crippen LogP contribution in [0.4, 0.5) is 0 Å². The number of aryl methyl sites for hydroxylation is 3. The van der Waals surface area contributed by atoms with E-state index in [-0.39, 0.29) is 11.8 Å². The Kier molecular flexibility index (Phi) is 6.89. The molecule has 2 heterocycles. The van der Waals surface area contributed by atoms with Crippen LogP contribution >= 0.6 is 0 Å². The number of aromatic nitrogens is 1. The number of nitrogens with zero attached hydrogens (tertiary/aromatic N) is 2. The lowest BCUT2D eigenvalue weighted by Crippen LogP contribution is -2.46. The van der Waals surface area contributed by atoms with Crippen molar-refractivity contribution in [3.8, 4) is 11.3 Å². The summed E-state index contributed by atoms with van der Waals surface area (Å²) < 4.78 is 0. The van der Waals surface area contributed by atoms with Gasteiger partial charge in [-0.1, -0.05) is 18.2 Å². The zero-order valence-corrected chi connectivity index (χ0v) is 19.1. The number of carboxylic acids is 1. The number of pyridine rings is 1. The molecule has 2 aliphatic rings. The summed E-state index contributed by atoms with van der Waals surface area (Å²) in [4.78, 5) is 30.8. The van der Waals surface area contributed by atoms with Crippen LogP contribution in [0, 0.1) is 12.8 Å². The van der Waals surface area contributed by atoms with E-state index in [1.165, 1.54) is 29.7 Å². The Hall–Kier alpha value is -2.73. The molecule has 1 amide bonds. The third-order valence-corrected chi connectivity index (χ3v) is 7.03. The minimum atomic E-state index is -0.809. The lowest BCUT2D eigenvalue weighted by atomic mass is 9.94. The van der Waals surface area contributed by atoms with E-state index < -0.39 is 12.0 Å². The fraction of sp³-hybridized carbons (Fsp3) is 0.500. The van der Waals surface area contributed by atoms with Crippen LogP contribution in [0.2, 0.25) is 0 Å². The van der Waals surface area contributed by atoms with E-state index in [0.717, 1.165) is 29.7 Å². The first-order valence-corrected chi connectivity index (χ1v) is 11.8. The van der Waals surface area contributed by atoms with E-state index in [0.29, 0.717) is 32.5 Å². The molecule has 6 heteroatoms. The van der Waals surface area contributed by atoms with Crippen molar-refractivity contribution in [1.82, 2.24) is 15.2 Å². The quantitative estimate of drug-likeness (QED) is 0.722. The van der Waals surface area contributed by atoms with Gasteiger partial charge < -0.3 is 10.4 Å². The maximum Gasteiger partial charge on any atom is 0.320 e. The molecule has 1 aliphatic carbocycles. The standard InChI is InChI=1S/C26H33N3O3/c1-17-7-8-19(15-22(17)24-10-9-20-5-3-4-6-23(20)28-24)16-27-25(30)21-11-13-29(14-12-21)18(2)26(31)32/h7-10,15,18,21H,3-6,11-14,16H2,1-2H3,(H,27,30)(H,31,32). The van der Waals surface area contributed by atoms with Gasteiger partial charge in [0.05, 0.1) is 5.69 Å². The van der Waals surface area contributed by atoms with Gasteiger partial charge in [0.15, 0.2) is 0 Å². The molecule has 2 N–H and O–H groups in total. The molecule has 0 saturated carbocycles. The molecule has 170 valence electrons. The number of benzene rings is 1. The summed E-state index contributed by atoms with van der Waals surface area (Å²) in [7, 11) is 0. The van der Waals surface area contributed by atoms with Crippen molar-refractivity contribution in [3.05, 3.63) is 52.7 Å². The van der Waals surface area contributed by atoms with Crippen molar-refractivity contribution in [2.75, 3.05) is 13.1 Å². The second kappa shape index (κ2) is 9.82. The number of carbonyl (C=O) groups excluding carboxylic acids is 1. The topological polar surface area (TPSA) is 82.5 Å². The highest BCUT2D eigenvalue weighted by molar-refractivity contribution is 5.79. The van der Waals surface area contributed by atoms with E-state index in [1.54, 1.807) is 6.92 Å². The number of hydrogen-bond donors (Lipinski definition) is 2. The number of carbonyl (C=O) groups is 2.